The molecule has 0 aliphatic carbocycles. The van der Waals surface area contributed by atoms with Gasteiger partial charge in [0.15, 0.2) is 11.5 Å². The Morgan fingerprint density at radius 1 is 1.11 bits per heavy atom. The van der Waals surface area contributed by atoms with Crippen LogP contribution < -0.4 is 15.0 Å². The zero-order valence-electron chi connectivity index (χ0n) is 15.6. The van der Waals surface area contributed by atoms with Gasteiger partial charge in [-0.25, -0.2) is 4.98 Å². The van der Waals surface area contributed by atoms with Gasteiger partial charge in [0.1, 0.15) is 5.82 Å². The van der Waals surface area contributed by atoms with Crippen molar-refractivity contribution in [2.45, 2.75) is 13.0 Å². The first-order chi connectivity index (χ1) is 13.0. The fraction of sp³-hybridized carbons (Fsp3) is 0.300. The Hall–Kier alpha value is -2.38. The number of likely N-dealkylation sites (N-methyl/N-ethyl adjacent to an activating group) is 1. The van der Waals surface area contributed by atoms with Gasteiger partial charge in [-0.3, -0.25) is 9.69 Å². The lowest BCUT2D eigenvalue weighted by atomic mass is 10.1. The summed E-state index contributed by atoms with van der Waals surface area (Å²) in [6, 6.07) is 11.7. The summed E-state index contributed by atoms with van der Waals surface area (Å²) in [6.45, 7) is 1.41. The third-order valence-corrected chi connectivity index (χ3v) is 4.90. The summed E-state index contributed by atoms with van der Waals surface area (Å²) in [5, 5.41) is 0.480. The lowest BCUT2D eigenvalue weighted by molar-refractivity contribution is 0.322. The van der Waals surface area contributed by atoms with Crippen molar-refractivity contribution in [3.8, 4) is 11.5 Å². The monoisotopic (exact) mass is 431 g/mol. The largest absolute Gasteiger partial charge is 0.493 e. The summed E-state index contributed by atoms with van der Waals surface area (Å²) in [7, 11) is 5.12. The molecule has 0 fully saturated rings. The highest BCUT2D eigenvalue weighted by Crippen LogP contribution is 2.29. The number of aromatic amines is 1. The van der Waals surface area contributed by atoms with E-state index in [9.17, 15) is 4.79 Å². The third kappa shape index (κ3) is 4.67. The Morgan fingerprint density at radius 2 is 1.78 bits per heavy atom. The van der Waals surface area contributed by atoms with Gasteiger partial charge in [-0.15, -0.1) is 0 Å². The number of nitrogens with one attached hydrogen (secondary N) is 1. The second kappa shape index (κ2) is 8.54. The van der Waals surface area contributed by atoms with Crippen LogP contribution in [-0.4, -0.2) is 42.7 Å². The number of benzene rings is 2. The standard InChI is InChI=1S/C20H22BrN3O3/c1-24(9-8-13-4-6-14(21)7-5-13)12-19-22-16-11-18(27-3)17(26-2)10-15(16)20(25)23-19/h4-7,10-11H,8-9,12H2,1-3H3,(H,22,23,25). The molecule has 7 heteroatoms. The molecule has 6 nitrogen and oxygen atoms in total. The molecule has 27 heavy (non-hydrogen) atoms. The summed E-state index contributed by atoms with van der Waals surface area (Å²) in [5.41, 5.74) is 1.67. The molecule has 0 radical (unpaired) electrons. The zero-order chi connectivity index (χ0) is 19.4. The average molecular weight is 432 g/mol. The van der Waals surface area contributed by atoms with Crippen LogP contribution in [0.1, 0.15) is 11.4 Å². The van der Waals surface area contributed by atoms with E-state index in [4.69, 9.17) is 9.47 Å². The van der Waals surface area contributed by atoms with E-state index < -0.39 is 0 Å². The summed E-state index contributed by atoms with van der Waals surface area (Å²) < 4.78 is 11.6. The van der Waals surface area contributed by atoms with Crippen LogP contribution in [0.4, 0.5) is 0 Å². The van der Waals surface area contributed by atoms with E-state index in [2.05, 4.69) is 42.9 Å². The molecule has 0 amide bonds. The van der Waals surface area contributed by atoms with Gasteiger partial charge in [0.25, 0.3) is 5.56 Å². The minimum atomic E-state index is -0.183. The maximum atomic E-state index is 12.4. The maximum Gasteiger partial charge on any atom is 0.258 e. The van der Waals surface area contributed by atoms with Crippen LogP contribution >= 0.6 is 15.9 Å². The Labute approximate surface area is 166 Å². The van der Waals surface area contributed by atoms with E-state index in [0.29, 0.717) is 34.8 Å². The molecule has 3 aromatic rings. The highest BCUT2D eigenvalue weighted by molar-refractivity contribution is 9.10. The number of hydrogen-bond donors (Lipinski definition) is 1. The minimum absolute atomic E-state index is 0.183. The van der Waals surface area contributed by atoms with Gasteiger partial charge < -0.3 is 14.5 Å². The second-order valence-corrected chi connectivity index (χ2v) is 7.27. The summed E-state index contributed by atoms with van der Waals surface area (Å²) in [5.74, 6) is 1.69. The normalized spacial score (nSPS) is 11.1. The van der Waals surface area contributed by atoms with Gasteiger partial charge in [0, 0.05) is 17.1 Å². The molecular weight excluding hydrogens is 410 g/mol. The van der Waals surface area contributed by atoms with Crippen molar-refractivity contribution < 1.29 is 9.47 Å². The zero-order valence-corrected chi connectivity index (χ0v) is 17.2. The van der Waals surface area contributed by atoms with Gasteiger partial charge in [0.05, 0.1) is 31.7 Å². The van der Waals surface area contributed by atoms with E-state index in [0.717, 1.165) is 17.4 Å². The fourth-order valence-corrected chi connectivity index (χ4v) is 3.16. The first kappa shape index (κ1) is 19.4. The lowest BCUT2D eigenvalue weighted by Crippen LogP contribution is -2.24. The van der Waals surface area contributed by atoms with Crippen molar-refractivity contribution in [1.29, 1.82) is 0 Å². The van der Waals surface area contributed by atoms with Crippen LogP contribution in [-0.2, 0) is 13.0 Å². The molecule has 1 heterocycles. The number of methoxy groups -OCH3 is 2. The molecule has 1 aromatic heterocycles. The van der Waals surface area contributed by atoms with Crippen LogP contribution in [0.25, 0.3) is 10.9 Å². The van der Waals surface area contributed by atoms with E-state index in [1.165, 1.54) is 5.56 Å². The Balaban J connectivity index is 1.76. The number of ether oxygens (including phenoxy) is 2. The van der Waals surface area contributed by atoms with Gasteiger partial charge in [-0.05, 0) is 37.2 Å². The quantitative estimate of drug-likeness (QED) is 0.620. The molecule has 1 N–H and O–H groups in total. The molecule has 0 spiro atoms. The van der Waals surface area contributed by atoms with E-state index in [1.807, 2.05) is 19.2 Å². The Kier molecular flexibility index (Phi) is 6.13. The lowest BCUT2D eigenvalue weighted by Gasteiger charge is -2.16. The number of halogens is 1. The number of nitrogens with zero attached hydrogens (tertiary/aromatic N) is 2. The Morgan fingerprint density at radius 3 is 2.44 bits per heavy atom. The van der Waals surface area contributed by atoms with Crippen LogP contribution in [0, 0.1) is 0 Å². The van der Waals surface area contributed by atoms with Gasteiger partial charge >= 0.3 is 0 Å². The van der Waals surface area contributed by atoms with Crippen LogP contribution in [0.3, 0.4) is 0 Å². The molecule has 142 valence electrons. The van der Waals surface area contributed by atoms with E-state index in [1.54, 1.807) is 26.4 Å². The van der Waals surface area contributed by atoms with Crippen LogP contribution in [0.2, 0.25) is 0 Å². The molecule has 3 rings (SSSR count). The molecule has 0 atom stereocenters. The first-order valence-corrected chi connectivity index (χ1v) is 9.37. The van der Waals surface area contributed by atoms with Crippen LogP contribution in [0.15, 0.2) is 45.7 Å². The highest BCUT2D eigenvalue weighted by Gasteiger charge is 2.12. The Bertz CT molecular complexity index is 986. The maximum absolute atomic E-state index is 12.4. The fourth-order valence-electron chi connectivity index (χ4n) is 2.90. The SMILES string of the molecule is COc1cc2nc(CN(C)CCc3ccc(Br)cc3)[nH]c(=O)c2cc1OC. The van der Waals surface area contributed by atoms with Crippen molar-refractivity contribution in [2.24, 2.45) is 0 Å². The van der Waals surface area contributed by atoms with Gasteiger partial charge in [0.2, 0.25) is 0 Å². The number of hydrogen-bond acceptors (Lipinski definition) is 5. The highest BCUT2D eigenvalue weighted by atomic mass is 79.9. The van der Waals surface area contributed by atoms with Crippen LogP contribution in [0.5, 0.6) is 11.5 Å². The van der Waals surface area contributed by atoms with E-state index in [-0.39, 0.29) is 5.56 Å². The summed E-state index contributed by atoms with van der Waals surface area (Å²) >= 11 is 3.45. The van der Waals surface area contributed by atoms with Gasteiger partial charge in [-0.2, -0.15) is 0 Å². The van der Waals surface area contributed by atoms with Crippen molar-refractivity contribution in [2.75, 3.05) is 27.8 Å². The van der Waals surface area contributed by atoms with Crippen molar-refractivity contribution in [3.63, 3.8) is 0 Å². The van der Waals surface area contributed by atoms with E-state index >= 15 is 0 Å². The topological polar surface area (TPSA) is 67.5 Å². The molecule has 0 unspecified atom stereocenters. The molecule has 0 saturated carbocycles. The summed E-state index contributed by atoms with van der Waals surface area (Å²) in [6.07, 6.45) is 0.923. The predicted molar refractivity (Wildman–Crippen MR) is 110 cm³/mol. The first-order valence-electron chi connectivity index (χ1n) is 8.58. The summed E-state index contributed by atoms with van der Waals surface area (Å²) in [4.78, 5) is 22.0. The number of H-pyrrole nitrogens is 1. The third-order valence-electron chi connectivity index (χ3n) is 4.37. The molecular formula is C20H22BrN3O3. The minimum Gasteiger partial charge on any atom is -0.493 e. The van der Waals surface area contributed by atoms with Crippen molar-refractivity contribution >= 4 is 26.8 Å². The molecule has 2 aromatic carbocycles. The molecule has 0 bridgehead atoms. The molecule has 0 saturated heterocycles. The predicted octanol–water partition coefficient (Wildman–Crippen LogP) is 3.38. The van der Waals surface area contributed by atoms with Crippen molar-refractivity contribution in [3.05, 3.63) is 62.6 Å². The molecule has 0 aliphatic heterocycles. The second-order valence-electron chi connectivity index (χ2n) is 6.35. The number of rotatable bonds is 7. The number of fused-ring (bicyclic) bond motifs is 1. The van der Waals surface area contributed by atoms with Crippen molar-refractivity contribution in [1.82, 2.24) is 14.9 Å². The smallest absolute Gasteiger partial charge is 0.258 e. The average Bonchev–Trinajstić information content (AvgIpc) is 2.66. The molecule has 0 aliphatic rings. The number of aromatic nitrogens is 2. The van der Waals surface area contributed by atoms with Gasteiger partial charge in [-0.1, -0.05) is 28.1 Å².